The van der Waals surface area contributed by atoms with E-state index in [4.69, 9.17) is 4.74 Å². The Morgan fingerprint density at radius 1 is 1.38 bits per heavy atom. The van der Waals surface area contributed by atoms with Crippen molar-refractivity contribution in [2.75, 3.05) is 7.11 Å². The molecule has 0 saturated carbocycles. The van der Waals surface area contributed by atoms with Crippen LogP contribution in [-0.4, -0.2) is 35.2 Å². The van der Waals surface area contributed by atoms with Gasteiger partial charge in [0.2, 0.25) is 0 Å². The molecular formula is C16H18FN3O4. The fourth-order valence-corrected chi connectivity index (χ4v) is 1.97. The minimum absolute atomic E-state index is 0.0232. The van der Waals surface area contributed by atoms with Crippen LogP contribution in [0.5, 0.6) is 5.75 Å². The molecule has 24 heavy (non-hydrogen) atoms. The van der Waals surface area contributed by atoms with Gasteiger partial charge in [0.05, 0.1) is 12.8 Å². The number of esters is 1. The van der Waals surface area contributed by atoms with Gasteiger partial charge in [0.25, 0.3) is 5.91 Å². The molecule has 128 valence electrons. The first-order chi connectivity index (χ1) is 11.5. The van der Waals surface area contributed by atoms with Crippen molar-refractivity contribution in [2.24, 2.45) is 0 Å². The summed E-state index contributed by atoms with van der Waals surface area (Å²) in [6.45, 7) is 1.77. The molecule has 1 unspecified atom stereocenters. The van der Waals surface area contributed by atoms with E-state index in [2.05, 4.69) is 20.3 Å². The number of aromatic nitrogens is 2. The molecule has 2 rings (SSSR count). The Hall–Kier alpha value is -2.90. The summed E-state index contributed by atoms with van der Waals surface area (Å²) in [4.78, 5) is 23.6. The van der Waals surface area contributed by atoms with E-state index in [0.29, 0.717) is 12.1 Å². The molecule has 1 aromatic heterocycles. The van der Waals surface area contributed by atoms with Crippen LogP contribution in [-0.2, 0) is 16.1 Å². The summed E-state index contributed by atoms with van der Waals surface area (Å²) in [6.07, 6.45) is 0.395. The number of para-hydroxylation sites is 1. The minimum Gasteiger partial charge on any atom is -0.484 e. The molecule has 1 atom stereocenters. The second-order valence-electron chi connectivity index (χ2n) is 4.95. The minimum atomic E-state index is -0.739. The van der Waals surface area contributed by atoms with E-state index in [1.165, 1.54) is 25.3 Å². The molecule has 0 radical (unpaired) electrons. The van der Waals surface area contributed by atoms with E-state index in [1.807, 2.05) is 0 Å². The lowest BCUT2D eigenvalue weighted by Gasteiger charge is -2.13. The second kappa shape index (κ2) is 8.09. The molecular weight excluding hydrogens is 317 g/mol. The van der Waals surface area contributed by atoms with Crippen LogP contribution in [0.4, 0.5) is 4.39 Å². The van der Waals surface area contributed by atoms with E-state index >= 15 is 0 Å². The Labute approximate surface area is 138 Å². The summed E-state index contributed by atoms with van der Waals surface area (Å²) in [5.41, 5.74) is 0.596. The third-order valence-electron chi connectivity index (χ3n) is 3.28. The van der Waals surface area contributed by atoms with Crippen LogP contribution in [0.2, 0.25) is 0 Å². The lowest BCUT2D eigenvalue weighted by molar-refractivity contribution is -0.142. The first kappa shape index (κ1) is 17.5. The van der Waals surface area contributed by atoms with Crippen molar-refractivity contribution in [2.45, 2.75) is 26.0 Å². The SMILES string of the molecule is CCC(NC(=O)c1cc(COc2ccccc2F)[nH]n1)C(=O)OC. The molecule has 2 aromatic rings. The lowest BCUT2D eigenvalue weighted by Crippen LogP contribution is -2.41. The van der Waals surface area contributed by atoms with E-state index in [1.54, 1.807) is 19.1 Å². The Balaban J connectivity index is 1.96. The Kier molecular flexibility index (Phi) is 5.89. The fraction of sp³-hybridized carbons (Fsp3) is 0.312. The highest BCUT2D eigenvalue weighted by molar-refractivity contribution is 5.95. The van der Waals surface area contributed by atoms with Gasteiger partial charge in [-0.1, -0.05) is 19.1 Å². The molecule has 0 aliphatic heterocycles. The highest BCUT2D eigenvalue weighted by Crippen LogP contribution is 2.16. The van der Waals surface area contributed by atoms with Crippen molar-refractivity contribution in [3.8, 4) is 5.75 Å². The number of nitrogens with zero attached hydrogens (tertiary/aromatic N) is 1. The number of methoxy groups -OCH3 is 1. The maximum atomic E-state index is 13.5. The number of carbonyl (C=O) groups excluding carboxylic acids is 2. The number of benzene rings is 1. The largest absolute Gasteiger partial charge is 0.484 e. The van der Waals surface area contributed by atoms with Crippen molar-refractivity contribution in [1.82, 2.24) is 15.5 Å². The molecule has 0 saturated heterocycles. The number of amides is 1. The number of aromatic amines is 1. The van der Waals surface area contributed by atoms with Crippen molar-refractivity contribution >= 4 is 11.9 Å². The quantitative estimate of drug-likeness (QED) is 0.753. The lowest BCUT2D eigenvalue weighted by atomic mass is 10.2. The van der Waals surface area contributed by atoms with Gasteiger partial charge in [-0.3, -0.25) is 9.89 Å². The molecule has 0 spiro atoms. The van der Waals surface area contributed by atoms with Crippen molar-refractivity contribution in [1.29, 1.82) is 0 Å². The first-order valence-corrected chi connectivity index (χ1v) is 7.35. The maximum Gasteiger partial charge on any atom is 0.328 e. The smallest absolute Gasteiger partial charge is 0.328 e. The predicted molar refractivity (Wildman–Crippen MR) is 82.9 cm³/mol. The van der Waals surface area contributed by atoms with Crippen LogP contribution < -0.4 is 10.1 Å². The summed E-state index contributed by atoms with van der Waals surface area (Å²) in [6, 6.07) is 6.74. The molecule has 1 aromatic carbocycles. The highest BCUT2D eigenvalue weighted by atomic mass is 19.1. The topological polar surface area (TPSA) is 93.3 Å². The normalized spacial score (nSPS) is 11.6. The number of H-pyrrole nitrogens is 1. The first-order valence-electron chi connectivity index (χ1n) is 7.35. The molecule has 2 N–H and O–H groups in total. The molecule has 0 fully saturated rings. The monoisotopic (exact) mass is 335 g/mol. The molecule has 1 amide bonds. The van der Waals surface area contributed by atoms with Gasteiger partial charge in [-0.15, -0.1) is 0 Å². The highest BCUT2D eigenvalue weighted by Gasteiger charge is 2.21. The fourth-order valence-electron chi connectivity index (χ4n) is 1.97. The maximum absolute atomic E-state index is 13.5. The van der Waals surface area contributed by atoms with Crippen LogP contribution in [0.3, 0.4) is 0 Å². The summed E-state index contributed by atoms with van der Waals surface area (Å²) in [5, 5.41) is 9.03. The van der Waals surface area contributed by atoms with Gasteiger partial charge in [-0.2, -0.15) is 5.10 Å². The number of carbonyl (C=O) groups is 2. The number of rotatable bonds is 7. The van der Waals surface area contributed by atoms with Crippen LogP contribution in [0.1, 0.15) is 29.5 Å². The third-order valence-corrected chi connectivity index (χ3v) is 3.28. The third kappa shape index (κ3) is 4.31. The second-order valence-corrected chi connectivity index (χ2v) is 4.95. The Bertz CT molecular complexity index is 717. The van der Waals surface area contributed by atoms with Crippen LogP contribution in [0, 0.1) is 5.82 Å². The summed E-state index contributed by atoms with van der Waals surface area (Å²) >= 11 is 0. The number of ether oxygens (including phenoxy) is 2. The zero-order valence-electron chi connectivity index (χ0n) is 13.3. The van der Waals surface area contributed by atoms with Crippen molar-refractivity contribution in [3.63, 3.8) is 0 Å². The number of hydrogen-bond donors (Lipinski definition) is 2. The predicted octanol–water partition coefficient (Wildman–Crippen LogP) is 1.81. The zero-order chi connectivity index (χ0) is 17.5. The standard InChI is InChI=1S/C16H18FN3O4/c1-3-12(16(22)23-2)18-15(21)13-8-10(19-20-13)9-24-14-7-5-4-6-11(14)17/h4-8,12H,3,9H2,1-2H3,(H,18,21)(H,19,20). The Morgan fingerprint density at radius 2 is 2.12 bits per heavy atom. The van der Waals surface area contributed by atoms with Gasteiger partial charge in [-0.05, 0) is 24.6 Å². The van der Waals surface area contributed by atoms with Gasteiger partial charge in [0.1, 0.15) is 18.3 Å². The molecule has 8 heteroatoms. The molecule has 0 bridgehead atoms. The average molecular weight is 335 g/mol. The van der Waals surface area contributed by atoms with Crippen LogP contribution in [0.15, 0.2) is 30.3 Å². The van der Waals surface area contributed by atoms with Gasteiger partial charge in [-0.25, -0.2) is 9.18 Å². The molecule has 7 nitrogen and oxygen atoms in total. The van der Waals surface area contributed by atoms with Gasteiger partial charge < -0.3 is 14.8 Å². The van der Waals surface area contributed by atoms with Gasteiger partial charge in [0.15, 0.2) is 11.6 Å². The number of halogens is 1. The molecule has 0 aliphatic carbocycles. The van der Waals surface area contributed by atoms with E-state index in [9.17, 15) is 14.0 Å². The zero-order valence-corrected chi connectivity index (χ0v) is 13.3. The van der Waals surface area contributed by atoms with E-state index in [0.717, 1.165) is 0 Å². The molecule has 1 heterocycles. The van der Waals surface area contributed by atoms with Crippen molar-refractivity contribution < 1.29 is 23.5 Å². The summed E-state index contributed by atoms with van der Waals surface area (Å²) in [7, 11) is 1.25. The summed E-state index contributed by atoms with van der Waals surface area (Å²) in [5.74, 6) is -1.40. The average Bonchev–Trinajstić information content (AvgIpc) is 3.07. The van der Waals surface area contributed by atoms with E-state index in [-0.39, 0.29) is 18.1 Å². The number of nitrogens with one attached hydrogen (secondary N) is 2. The Morgan fingerprint density at radius 3 is 2.79 bits per heavy atom. The summed E-state index contributed by atoms with van der Waals surface area (Å²) < 4.78 is 23.4. The van der Waals surface area contributed by atoms with Crippen LogP contribution in [0.25, 0.3) is 0 Å². The van der Waals surface area contributed by atoms with E-state index < -0.39 is 23.7 Å². The molecule has 0 aliphatic rings. The number of hydrogen-bond acceptors (Lipinski definition) is 5. The van der Waals surface area contributed by atoms with Gasteiger partial charge >= 0.3 is 5.97 Å². The van der Waals surface area contributed by atoms with Crippen LogP contribution >= 0.6 is 0 Å². The van der Waals surface area contributed by atoms with Gasteiger partial charge in [0, 0.05) is 0 Å². The van der Waals surface area contributed by atoms with Crippen molar-refractivity contribution in [3.05, 3.63) is 47.5 Å².